The number of methoxy groups -OCH3 is 1. The van der Waals surface area contributed by atoms with Gasteiger partial charge in [-0.1, -0.05) is 0 Å². The summed E-state index contributed by atoms with van der Waals surface area (Å²) < 4.78 is 4.54. The van der Waals surface area contributed by atoms with Gasteiger partial charge in [0.15, 0.2) is 0 Å². The van der Waals surface area contributed by atoms with Gasteiger partial charge in [0.05, 0.1) is 13.0 Å². The summed E-state index contributed by atoms with van der Waals surface area (Å²) in [5.41, 5.74) is 0.848. The number of nitrogens with zero attached hydrogens (tertiary/aromatic N) is 1. The Bertz CT molecular complexity index is 324. The second-order valence-electron chi connectivity index (χ2n) is 3.08. The molecule has 4 nitrogen and oxygen atoms in total. The van der Waals surface area contributed by atoms with Crippen LogP contribution in [0.2, 0.25) is 0 Å². The van der Waals surface area contributed by atoms with E-state index in [1.54, 1.807) is 6.92 Å². The van der Waals surface area contributed by atoms with E-state index in [1.165, 1.54) is 18.4 Å². The molecule has 1 N–H and O–H groups in total. The van der Waals surface area contributed by atoms with Crippen LogP contribution in [0.5, 0.6) is 0 Å². The highest BCUT2D eigenvalue weighted by atomic mass is 32.1. The molecular weight excluding hydrogens is 202 g/mol. The van der Waals surface area contributed by atoms with E-state index in [2.05, 4.69) is 9.72 Å². The fourth-order valence-corrected chi connectivity index (χ4v) is 1.92. The van der Waals surface area contributed by atoms with Crippen molar-refractivity contribution in [3.8, 4) is 0 Å². The minimum absolute atomic E-state index is 0.426. The SMILES string of the molecule is COC(=O)C(C)C(O)c1nc(C)cs1. The Labute approximate surface area is 86.6 Å². The number of esters is 1. The van der Waals surface area contributed by atoms with Gasteiger partial charge in [-0.3, -0.25) is 4.79 Å². The molecule has 0 radical (unpaired) electrons. The van der Waals surface area contributed by atoms with E-state index >= 15 is 0 Å². The van der Waals surface area contributed by atoms with Crippen LogP contribution in [0, 0.1) is 12.8 Å². The first-order chi connectivity index (χ1) is 6.56. The molecule has 0 aliphatic rings. The van der Waals surface area contributed by atoms with Crippen LogP contribution in [-0.2, 0) is 9.53 Å². The average Bonchev–Trinajstić information content (AvgIpc) is 2.61. The highest BCUT2D eigenvalue weighted by Crippen LogP contribution is 2.25. The fourth-order valence-electron chi connectivity index (χ4n) is 1.04. The Morgan fingerprint density at radius 1 is 1.71 bits per heavy atom. The molecule has 0 aliphatic carbocycles. The van der Waals surface area contributed by atoms with Gasteiger partial charge in [-0.15, -0.1) is 11.3 Å². The second-order valence-corrected chi connectivity index (χ2v) is 3.97. The largest absolute Gasteiger partial charge is 0.469 e. The lowest BCUT2D eigenvalue weighted by atomic mass is 10.1. The van der Waals surface area contributed by atoms with Gasteiger partial charge in [0, 0.05) is 11.1 Å². The Hall–Kier alpha value is -0.940. The molecule has 5 heteroatoms. The van der Waals surface area contributed by atoms with E-state index in [0.717, 1.165) is 5.69 Å². The van der Waals surface area contributed by atoms with Crippen LogP contribution in [0.15, 0.2) is 5.38 Å². The summed E-state index contributed by atoms with van der Waals surface area (Å²) in [6, 6.07) is 0. The lowest BCUT2D eigenvalue weighted by Gasteiger charge is -2.13. The minimum Gasteiger partial charge on any atom is -0.469 e. The van der Waals surface area contributed by atoms with Gasteiger partial charge in [0.1, 0.15) is 11.1 Å². The van der Waals surface area contributed by atoms with Crippen LogP contribution in [-0.4, -0.2) is 23.2 Å². The number of aryl methyl sites for hydroxylation is 1. The molecule has 0 amide bonds. The van der Waals surface area contributed by atoms with Gasteiger partial charge >= 0.3 is 5.97 Å². The third kappa shape index (κ3) is 2.30. The van der Waals surface area contributed by atoms with Crippen molar-refractivity contribution in [2.45, 2.75) is 20.0 Å². The van der Waals surface area contributed by atoms with Crippen molar-refractivity contribution in [3.63, 3.8) is 0 Å². The first-order valence-corrected chi connectivity index (χ1v) is 5.12. The zero-order chi connectivity index (χ0) is 10.7. The Balaban J connectivity index is 2.74. The highest BCUT2D eigenvalue weighted by Gasteiger charge is 2.26. The van der Waals surface area contributed by atoms with E-state index < -0.39 is 18.0 Å². The maximum Gasteiger partial charge on any atom is 0.311 e. The summed E-state index contributed by atoms with van der Waals surface area (Å²) in [5, 5.41) is 12.1. The first-order valence-electron chi connectivity index (χ1n) is 4.24. The predicted molar refractivity (Wildman–Crippen MR) is 53.0 cm³/mol. The molecule has 2 atom stereocenters. The van der Waals surface area contributed by atoms with Gasteiger partial charge < -0.3 is 9.84 Å². The number of carbonyl (C=O) groups excluding carboxylic acids is 1. The second kappa shape index (κ2) is 4.52. The number of aliphatic hydroxyl groups is 1. The molecule has 14 heavy (non-hydrogen) atoms. The Morgan fingerprint density at radius 2 is 2.36 bits per heavy atom. The summed E-state index contributed by atoms with van der Waals surface area (Å²) in [7, 11) is 1.30. The number of thiazole rings is 1. The molecule has 1 rings (SSSR count). The molecule has 0 saturated carbocycles. The van der Waals surface area contributed by atoms with Crippen molar-refractivity contribution >= 4 is 17.3 Å². The van der Waals surface area contributed by atoms with Gasteiger partial charge in [0.2, 0.25) is 0 Å². The zero-order valence-electron chi connectivity index (χ0n) is 8.35. The average molecular weight is 215 g/mol. The lowest BCUT2D eigenvalue weighted by Crippen LogP contribution is -2.20. The van der Waals surface area contributed by atoms with E-state index in [-0.39, 0.29) is 0 Å². The molecule has 2 unspecified atom stereocenters. The van der Waals surface area contributed by atoms with Crippen molar-refractivity contribution in [3.05, 3.63) is 16.1 Å². The number of ether oxygens (including phenoxy) is 1. The zero-order valence-corrected chi connectivity index (χ0v) is 9.17. The molecular formula is C9H13NO3S. The molecule has 1 heterocycles. The van der Waals surface area contributed by atoms with Crippen LogP contribution in [0.1, 0.15) is 23.7 Å². The number of hydrogen-bond donors (Lipinski definition) is 1. The summed E-state index contributed by atoms with van der Waals surface area (Å²) in [4.78, 5) is 15.2. The van der Waals surface area contributed by atoms with Gasteiger partial charge in [0.25, 0.3) is 0 Å². The minimum atomic E-state index is -0.874. The van der Waals surface area contributed by atoms with Crippen LogP contribution in [0.25, 0.3) is 0 Å². The predicted octanol–water partition coefficient (Wildman–Crippen LogP) is 1.29. The van der Waals surface area contributed by atoms with Crippen LogP contribution in [0.3, 0.4) is 0 Å². The lowest BCUT2D eigenvalue weighted by molar-refractivity contribution is -0.148. The van der Waals surface area contributed by atoms with E-state index in [1.807, 2.05) is 12.3 Å². The summed E-state index contributed by atoms with van der Waals surface area (Å²) >= 11 is 1.34. The Kier molecular flexibility index (Phi) is 3.60. The molecule has 78 valence electrons. The summed E-state index contributed by atoms with van der Waals surface area (Å²) in [6.45, 7) is 3.46. The maximum absolute atomic E-state index is 11.1. The number of aliphatic hydroxyl groups excluding tert-OH is 1. The topological polar surface area (TPSA) is 59.4 Å². The molecule has 0 spiro atoms. The normalized spacial score (nSPS) is 14.9. The summed E-state index contributed by atoms with van der Waals surface area (Å²) in [5.74, 6) is -1.00. The van der Waals surface area contributed by atoms with E-state index in [4.69, 9.17) is 0 Å². The standard InChI is InChI=1S/C9H13NO3S/c1-5-4-14-8(10-5)7(11)6(2)9(12)13-3/h4,6-7,11H,1-3H3. The Morgan fingerprint density at radius 3 is 2.79 bits per heavy atom. The van der Waals surface area contributed by atoms with Crippen molar-refractivity contribution in [2.75, 3.05) is 7.11 Å². The monoisotopic (exact) mass is 215 g/mol. The highest BCUT2D eigenvalue weighted by molar-refractivity contribution is 7.09. The van der Waals surface area contributed by atoms with Crippen molar-refractivity contribution in [1.29, 1.82) is 0 Å². The van der Waals surface area contributed by atoms with E-state index in [0.29, 0.717) is 5.01 Å². The van der Waals surface area contributed by atoms with Crippen molar-refractivity contribution in [2.24, 2.45) is 5.92 Å². The third-order valence-corrected chi connectivity index (χ3v) is 2.97. The van der Waals surface area contributed by atoms with Gasteiger partial charge in [-0.25, -0.2) is 4.98 Å². The molecule has 0 bridgehead atoms. The number of aromatic nitrogens is 1. The molecule has 1 aromatic heterocycles. The molecule has 1 aromatic rings. The van der Waals surface area contributed by atoms with E-state index in [9.17, 15) is 9.90 Å². The molecule has 0 saturated heterocycles. The van der Waals surface area contributed by atoms with Crippen molar-refractivity contribution in [1.82, 2.24) is 4.98 Å². The summed E-state index contributed by atoms with van der Waals surface area (Å²) in [6.07, 6.45) is -0.874. The number of rotatable bonds is 3. The maximum atomic E-state index is 11.1. The number of carbonyl (C=O) groups is 1. The first kappa shape index (κ1) is 11.1. The quantitative estimate of drug-likeness (QED) is 0.772. The van der Waals surface area contributed by atoms with Gasteiger partial charge in [-0.2, -0.15) is 0 Å². The third-order valence-electron chi connectivity index (χ3n) is 1.94. The molecule has 0 aromatic carbocycles. The van der Waals surface area contributed by atoms with Crippen LogP contribution >= 0.6 is 11.3 Å². The molecule has 0 fully saturated rings. The van der Waals surface area contributed by atoms with Crippen LogP contribution < -0.4 is 0 Å². The fraction of sp³-hybridized carbons (Fsp3) is 0.556. The van der Waals surface area contributed by atoms with Crippen molar-refractivity contribution < 1.29 is 14.6 Å². The number of hydrogen-bond acceptors (Lipinski definition) is 5. The molecule has 0 aliphatic heterocycles. The smallest absolute Gasteiger partial charge is 0.311 e. The van der Waals surface area contributed by atoms with Crippen LogP contribution in [0.4, 0.5) is 0 Å². The van der Waals surface area contributed by atoms with Gasteiger partial charge in [-0.05, 0) is 13.8 Å².